The van der Waals surface area contributed by atoms with E-state index >= 15 is 0 Å². The molecule has 2 fully saturated rings. The lowest BCUT2D eigenvalue weighted by Gasteiger charge is -2.34. The van der Waals surface area contributed by atoms with E-state index in [2.05, 4.69) is 54.1 Å². The summed E-state index contributed by atoms with van der Waals surface area (Å²) in [5.41, 5.74) is 7.16. The number of fused-ring (bicyclic) bond motifs is 1. The maximum Gasteiger partial charge on any atom is 0.150 e. The summed E-state index contributed by atoms with van der Waals surface area (Å²) in [5.74, 6) is 4.44. The number of aromatic nitrogens is 4. The third-order valence-corrected chi connectivity index (χ3v) is 7.16. The van der Waals surface area contributed by atoms with Gasteiger partial charge in [0.25, 0.3) is 0 Å². The highest BCUT2D eigenvalue weighted by atomic mass is 28.3. The largest absolute Gasteiger partial charge is 0.377 e. The Labute approximate surface area is 202 Å². The van der Waals surface area contributed by atoms with E-state index in [1.165, 1.54) is 0 Å². The molecule has 7 nitrogen and oxygen atoms in total. The van der Waals surface area contributed by atoms with Crippen molar-refractivity contribution in [3.63, 3.8) is 0 Å². The van der Waals surface area contributed by atoms with Crippen LogP contribution in [-0.4, -0.2) is 60.2 Å². The van der Waals surface area contributed by atoms with Crippen molar-refractivity contribution in [2.75, 3.05) is 31.3 Å². The number of hydrogen-bond acceptors (Lipinski definition) is 6. The van der Waals surface area contributed by atoms with Gasteiger partial charge in [0.05, 0.1) is 24.9 Å². The van der Waals surface area contributed by atoms with E-state index in [1.807, 2.05) is 29.2 Å². The molecule has 2 atom stereocenters. The second-order valence-corrected chi connectivity index (χ2v) is 14.9. The van der Waals surface area contributed by atoms with Crippen molar-refractivity contribution in [1.29, 1.82) is 0 Å². The SMILES string of the molecule is C[C@@H]1COCCN1c1cc(C#C[Si](C)(C)C)c2ccnc(-c3ccnn3C3CCCCO3)c2n1. The van der Waals surface area contributed by atoms with Gasteiger partial charge in [-0.3, -0.25) is 4.98 Å². The fraction of sp³-hybridized carbons (Fsp3) is 0.500. The first-order valence-electron chi connectivity index (χ1n) is 12.2. The molecule has 0 aliphatic carbocycles. The maximum atomic E-state index is 6.04. The molecular formula is C26H33N5O2Si. The van der Waals surface area contributed by atoms with Gasteiger partial charge in [0.1, 0.15) is 25.1 Å². The molecule has 0 amide bonds. The van der Waals surface area contributed by atoms with Crippen LogP contribution >= 0.6 is 0 Å². The first-order chi connectivity index (χ1) is 16.4. The molecule has 0 spiro atoms. The topological polar surface area (TPSA) is 65.3 Å². The summed E-state index contributed by atoms with van der Waals surface area (Å²) >= 11 is 0. The second kappa shape index (κ2) is 9.49. The zero-order valence-corrected chi connectivity index (χ0v) is 21.5. The molecule has 5 rings (SSSR count). The van der Waals surface area contributed by atoms with E-state index in [1.54, 1.807) is 0 Å². The fourth-order valence-electron chi connectivity index (χ4n) is 4.55. The van der Waals surface area contributed by atoms with Crippen LogP contribution in [-0.2, 0) is 9.47 Å². The Morgan fingerprint density at radius 3 is 2.76 bits per heavy atom. The summed E-state index contributed by atoms with van der Waals surface area (Å²) in [6, 6.07) is 6.43. The molecule has 0 bridgehead atoms. The minimum atomic E-state index is -1.56. The molecule has 2 aliphatic heterocycles. The normalized spacial score (nSPS) is 21.4. The van der Waals surface area contributed by atoms with Crippen LogP contribution in [0.1, 0.15) is 38.0 Å². The molecule has 178 valence electrons. The number of rotatable bonds is 3. The fourth-order valence-corrected chi connectivity index (χ4v) is 5.06. The van der Waals surface area contributed by atoms with E-state index in [4.69, 9.17) is 19.4 Å². The number of nitrogens with zero attached hydrogens (tertiary/aromatic N) is 5. The molecule has 5 heterocycles. The van der Waals surface area contributed by atoms with E-state index in [0.29, 0.717) is 13.2 Å². The third kappa shape index (κ3) is 4.74. The molecular weight excluding hydrogens is 442 g/mol. The Bertz CT molecular complexity index is 1230. The van der Waals surface area contributed by atoms with Crippen LogP contribution in [0.3, 0.4) is 0 Å². The van der Waals surface area contributed by atoms with Crippen LogP contribution in [0.2, 0.25) is 19.6 Å². The van der Waals surface area contributed by atoms with Gasteiger partial charge in [-0.05, 0) is 44.4 Å². The molecule has 2 saturated heterocycles. The highest BCUT2D eigenvalue weighted by Gasteiger charge is 2.25. The quantitative estimate of drug-likeness (QED) is 0.406. The summed E-state index contributed by atoms with van der Waals surface area (Å²) < 4.78 is 13.7. The van der Waals surface area contributed by atoms with Crippen molar-refractivity contribution in [3.8, 4) is 22.9 Å². The van der Waals surface area contributed by atoms with Crippen LogP contribution in [0.5, 0.6) is 0 Å². The van der Waals surface area contributed by atoms with Crippen molar-refractivity contribution in [1.82, 2.24) is 19.7 Å². The van der Waals surface area contributed by atoms with Crippen LogP contribution in [0.15, 0.2) is 30.6 Å². The van der Waals surface area contributed by atoms with Gasteiger partial charge in [-0.25, -0.2) is 9.67 Å². The van der Waals surface area contributed by atoms with Crippen molar-refractivity contribution in [3.05, 3.63) is 36.2 Å². The predicted molar refractivity (Wildman–Crippen MR) is 137 cm³/mol. The van der Waals surface area contributed by atoms with E-state index in [9.17, 15) is 0 Å². The molecule has 1 unspecified atom stereocenters. The zero-order chi connectivity index (χ0) is 23.7. The van der Waals surface area contributed by atoms with Crippen molar-refractivity contribution >= 4 is 24.8 Å². The summed E-state index contributed by atoms with van der Waals surface area (Å²) in [5, 5.41) is 5.64. The standard InChI is InChI=1S/C26H33N5O2Si/c1-19-18-32-15-13-30(19)23-17-20(10-16-34(2,3)4)21-8-11-27-26(25(21)29-23)22-9-12-28-31(22)24-7-5-6-14-33-24/h8-9,11-12,17,19,24H,5-7,13-15,18H2,1-4H3/t19-,24?/m1/s1. The lowest BCUT2D eigenvalue weighted by atomic mass is 10.1. The van der Waals surface area contributed by atoms with Gasteiger partial charge in [-0.15, -0.1) is 5.54 Å². The minimum absolute atomic E-state index is 0.0654. The Hall–Kier alpha value is -2.73. The molecule has 0 aromatic carbocycles. The highest BCUT2D eigenvalue weighted by Crippen LogP contribution is 2.33. The van der Waals surface area contributed by atoms with Gasteiger partial charge in [-0.2, -0.15) is 5.10 Å². The molecule has 0 radical (unpaired) electrons. The molecule has 34 heavy (non-hydrogen) atoms. The van der Waals surface area contributed by atoms with Crippen LogP contribution < -0.4 is 4.90 Å². The smallest absolute Gasteiger partial charge is 0.150 e. The van der Waals surface area contributed by atoms with E-state index in [0.717, 1.165) is 66.1 Å². The molecule has 3 aromatic heterocycles. The summed E-state index contributed by atoms with van der Waals surface area (Å²) in [4.78, 5) is 12.3. The van der Waals surface area contributed by atoms with Gasteiger partial charge in [0.2, 0.25) is 0 Å². The van der Waals surface area contributed by atoms with E-state index < -0.39 is 8.07 Å². The summed E-state index contributed by atoms with van der Waals surface area (Å²) in [7, 11) is -1.56. The number of morpholine rings is 1. The van der Waals surface area contributed by atoms with Crippen LogP contribution in [0.4, 0.5) is 5.82 Å². The Morgan fingerprint density at radius 1 is 1.12 bits per heavy atom. The molecule has 0 N–H and O–H groups in total. The monoisotopic (exact) mass is 475 g/mol. The number of anilines is 1. The van der Waals surface area contributed by atoms with Gasteiger partial charge in [0, 0.05) is 36.5 Å². The maximum absolute atomic E-state index is 6.04. The highest BCUT2D eigenvalue weighted by molar-refractivity contribution is 6.83. The summed E-state index contributed by atoms with van der Waals surface area (Å²) in [6.07, 6.45) is 6.81. The molecule has 0 saturated carbocycles. The van der Waals surface area contributed by atoms with Gasteiger partial charge < -0.3 is 14.4 Å². The first-order valence-corrected chi connectivity index (χ1v) is 15.7. The van der Waals surface area contributed by atoms with E-state index in [-0.39, 0.29) is 12.3 Å². The number of hydrogen-bond donors (Lipinski definition) is 0. The lowest BCUT2D eigenvalue weighted by Crippen LogP contribution is -2.44. The van der Waals surface area contributed by atoms with Crippen molar-refractivity contribution in [2.45, 2.75) is 58.1 Å². The molecule has 3 aromatic rings. The Morgan fingerprint density at radius 2 is 2.00 bits per heavy atom. The Balaban J connectivity index is 1.69. The summed E-state index contributed by atoms with van der Waals surface area (Å²) in [6.45, 7) is 12.0. The van der Waals surface area contributed by atoms with Crippen LogP contribution in [0.25, 0.3) is 22.3 Å². The number of ether oxygens (including phenoxy) is 2. The van der Waals surface area contributed by atoms with Crippen molar-refractivity contribution in [2.24, 2.45) is 0 Å². The predicted octanol–water partition coefficient (Wildman–Crippen LogP) is 4.65. The second-order valence-electron chi connectivity index (χ2n) is 10.2. The average Bonchev–Trinajstić information content (AvgIpc) is 3.32. The Kier molecular flexibility index (Phi) is 6.43. The average molecular weight is 476 g/mol. The number of pyridine rings is 2. The lowest BCUT2D eigenvalue weighted by molar-refractivity contribution is -0.0383. The third-order valence-electron chi connectivity index (χ3n) is 6.29. The molecule has 2 aliphatic rings. The van der Waals surface area contributed by atoms with Crippen LogP contribution in [0, 0.1) is 11.5 Å². The zero-order valence-electron chi connectivity index (χ0n) is 20.5. The minimum Gasteiger partial charge on any atom is -0.377 e. The van der Waals surface area contributed by atoms with Gasteiger partial charge >= 0.3 is 0 Å². The van der Waals surface area contributed by atoms with Gasteiger partial charge in [-0.1, -0.05) is 25.6 Å². The first kappa shape index (κ1) is 23.0. The molecule has 8 heteroatoms. The van der Waals surface area contributed by atoms with Crippen molar-refractivity contribution < 1.29 is 9.47 Å². The van der Waals surface area contributed by atoms with Gasteiger partial charge in [0.15, 0.2) is 6.23 Å².